The Hall–Kier alpha value is -2.46. The zero-order chi connectivity index (χ0) is 15.0. The van der Waals surface area contributed by atoms with Gasteiger partial charge < -0.3 is 14.2 Å². The molecular formula is C16H12ClNO3. The molecule has 0 atom stereocenters. The maximum atomic E-state index is 11.7. The first-order valence-electron chi connectivity index (χ1n) is 6.28. The minimum absolute atomic E-state index is 0.233. The number of aromatic nitrogens is 1. The average molecular weight is 302 g/mol. The molecule has 0 amide bonds. The van der Waals surface area contributed by atoms with Crippen LogP contribution in [0.15, 0.2) is 48.8 Å². The Morgan fingerprint density at radius 3 is 2.76 bits per heavy atom. The van der Waals surface area contributed by atoms with Crippen molar-refractivity contribution in [3.05, 3.63) is 59.4 Å². The van der Waals surface area contributed by atoms with E-state index >= 15 is 0 Å². The van der Waals surface area contributed by atoms with Crippen LogP contribution < -0.4 is 4.74 Å². The van der Waals surface area contributed by atoms with E-state index in [1.807, 2.05) is 12.3 Å². The Balaban J connectivity index is 2.37. The molecule has 0 aliphatic rings. The van der Waals surface area contributed by atoms with E-state index in [-0.39, 0.29) is 5.56 Å². The third-order valence-electron chi connectivity index (χ3n) is 3.35. The van der Waals surface area contributed by atoms with Gasteiger partial charge in [0.15, 0.2) is 0 Å². The summed E-state index contributed by atoms with van der Waals surface area (Å²) in [5.74, 6) is -0.404. The molecule has 2 heterocycles. The number of hydrogen-bond acceptors (Lipinski definition) is 2. The number of rotatable bonds is 3. The topological polar surface area (TPSA) is 50.9 Å². The van der Waals surface area contributed by atoms with Crippen molar-refractivity contribution < 1.29 is 14.6 Å². The van der Waals surface area contributed by atoms with Gasteiger partial charge in [-0.2, -0.15) is 0 Å². The summed E-state index contributed by atoms with van der Waals surface area (Å²) in [7, 11) is 1.54. The van der Waals surface area contributed by atoms with Crippen molar-refractivity contribution >= 4 is 23.1 Å². The summed E-state index contributed by atoms with van der Waals surface area (Å²) >= 11 is 6.04. The van der Waals surface area contributed by atoms with E-state index in [2.05, 4.69) is 0 Å². The number of ether oxygens (including phenoxy) is 1. The molecule has 0 unspecified atom stereocenters. The van der Waals surface area contributed by atoms with Gasteiger partial charge in [-0.1, -0.05) is 17.7 Å². The number of halogens is 1. The normalized spacial score (nSPS) is 10.8. The lowest BCUT2D eigenvalue weighted by Gasteiger charge is -2.08. The molecule has 0 bridgehead atoms. The Labute approximate surface area is 126 Å². The Bertz CT molecular complexity index is 839. The highest BCUT2D eigenvalue weighted by Gasteiger charge is 2.20. The molecule has 21 heavy (non-hydrogen) atoms. The van der Waals surface area contributed by atoms with Gasteiger partial charge in [0.05, 0.1) is 18.2 Å². The number of aromatic carboxylic acids is 1. The van der Waals surface area contributed by atoms with Crippen LogP contribution in [0.4, 0.5) is 0 Å². The van der Waals surface area contributed by atoms with Crippen LogP contribution in [0.1, 0.15) is 10.4 Å². The molecular weight excluding hydrogens is 290 g/mol. The van der Waals surface area contributed by atoms with Gasteiger partial charge in [0, 0.05) is 28.5 Å². The molecule has 106 valence electrons. The van der Waals surface area contributed by atoms with Crippen LogP contribution >= 0.6 is 11.6 Å². The molecule has 0 aliphatic heterocycles. The van der Waals surface area contributed by atoms with E-state index in [0.717, 1.165) is 0 Å². The number of methoxy groups -OCH3 is 1. The van der Waals surface area contributed by atoms with Gasteiger partial charge in [0.2, 0.25) is 0 Å². The van der Waals surface area contributed by atoms with Crippen molar-refractivity contribution in [2.45, 2.75) is 0 Å². The summed E-state index contributed by atoms with van der Waals surface area (Å²) in [5.41, 5.74) is 2.09. The standard InChI is InChI=1S/C16H12ClNO3/c1-21-14-6-5-10(17)8-11(14)12-9-18-7-3-2-4-13(18)15(12)16(19)20/h2-9H,1H3,(H,19,20). The van der Waals surface area contributed by atoms with Gasteiger partial charge in [-0.3, -0.25) is 0 Å². The second-order valence-corrected chi connectivity index (χ2v) is 5.00. The minimum atomic E-state index is -0.985. The molecule has 1 N–H and O–H groups in total. The summed E-state index contributed by atoms with van der Waals surface area (Å²) in [6, 6.07) is 10.6. The Morgan fingerprint density at radius 2 is 2.05 bits per heavy atom. The highest BCUT2D eigenvalue weighted by atomic mass is 35.5. The van der Waals surface area contributed by atoms with Crippen molar-refractivity contribution in [2.24, 2.45) is 0 Å². The van der Waals surface area contributed by atoms with E-state index in [1.165, 1.54) is 0 Å². The van der Waals surface area contributed by atoms with E-state index in [4.69, 9.17) is 16.3 Å². The van der Waals surface area contributed by atoms with Crippen molar-refractivity contribution in [3.63, 3.8) is 0 Å². The monoisotopic (exact) mass is 301 g/mol. The van der Waals surface area contributed by atoms with Crippen LogP contribution in [0.25, 0.3) is 16.6 Å². The first kappa shape index (κ1) is 13.5. The first-order chi connectivity index (χ1) is 10.1. The largest absolute Gasteiger partial charge is 0.496 e. The number of fused-ring (bicyclic) bond motifs is 1. The van der Waals surface area contributed by atoms with E-state index in [9.17, 15) is 9.90 Å². The van der Waals surface area contributed by atoms with Crippen LogP contribution in [-0.2, 0) is 0 Å². The fraction of sp³-hybridized carbons (Fsp3) is 0.0625. The summed E-state index contributed by atoms with van der Waals surface area (Å²) < 4.78 is 7.10. The summed E-state index contributed by atoms with van der Waals surface area (Å²) in [5, 5.41) is 10.1. The Kier molecular flexibility index (Phi) is 3.31. The van der Waals surface area contributed by atoms with Gasteiger partial charge in [0.1, 0.15) is 5.75 Å². The van der Waals surface area contributed by atoms with Crippen LogP contribution in [-0.4, -0.2) is 22.6 Å². The van der Waals surface area contributed by atoms with Crippen LogP contribution in [0.2, 0.25) is 5.02 Å². The maximum absolute atomic E-state index is 11.7. The van der Waals surface area contributed by atoms with Crippen molar-refractivity contribution in [1.29, 1.82) is 0 Å². The van der Waals surface area contributed by atoms with Gasteiger partial charge in [-0.15, -0.1) is 0 Å². The fourth-order valence-electron chi connectivity index (χ4n) is 2.44. The first-order valence-corrected chi connectivity index (χ1v) is 6.66. The van der Waals surface area contributed by atoms with Crippen LogP contribution in [0.5, 0.6) is 5.75 Å². The molecule has 0 saturated heterocycles. The molecule has 3 aromatic rings. The smallest absolute Gasteiger partial charge is 0.338 e. The number of carboxylic acid groups (broad SMARTS) is 1. The Morgan fingerprint density at radius 1 is 1.24 bits per heavy atom. The number of hydrogen-bond donors (Lipinski definition) is 1. The van der Waals surface area contributed by atoms with Gasteiger partial charge in [0.25, 0.3) is 0 Å². The molecule has 0 spiro atoms. The fourth-order valence-corrected chi connectivity index (χ4v) is 2.61. The van der Waals surface area contributed by atoms with Crippen molar-refractivity contribution in [3.8, 4) is 16.9 Å². The summed E-state index contributed by atoms with van der Waals surface area (Å²) in [4.78, 5) is 11.7. The van der Waals surface area contributed by atoms with Gasteiger partial charge >= 0.3 is 5.97 Å². The third kappa shape index (κ3) is 2.23. The van der Waals surface area contributed by atoms with Crippen LogP contribution in [0.3, 0.4) is 0 Å². The quantitative estimate of drug-likeness (QED) is 0.796. The third-order valence-corrected chi connectivity index (χ3v) is 3.58. The van der Waals surface area contributed by atoms with Gasteiger partial charge in [-0.05, 0) is 30.3 Å². The highest BCUT2D eigenvalue weighted by molar-refractivity contribution is 6.31. The molecule has 0 aliphatic carbocycles. The molecule has 0 radical (unpaired) electrons. The predicted molar refractivity (Wildman–Crippen MR) is 81.4 cm³/mol. The minimum Gasteiger partial charge on any atom is -0.496 e. The molecule has 0 fully saturated rings. The number of carbonyl (C=O) groups is 1. The van der Waals surface area contributed by atoms with E-state index in [1.54, 1.807) is 48.0 Å². The highest BCUT2D eigenvalue weighted by Crippen LogP contribution is 2.36. The lowest BCUT2D eigenvalue weighted by atomic mass is 10.0. The maximum Gasteiger partial charge on any atom is 0.338 e. The number of benzene rings is 1. The molecule has 0 saturated carbocycles. The molecule has 3 rings (SSSR count). The predicted octanol–water partition coefficient (Wildman–Crippen LogP) is 3.97. The van der Waals surface area contributed by atoms with Crippen molar-refractivity contribution in [2.75, 3.05) is 7.11 Å². The summed E-state index contributed by atoms with van der Waals surface area (Å²) in [6.07, 6.45) is 3.58. The second kappa shape index (κ2) is 5.14. The van der Waals surface area contributed by atoms with E-state index in [0.29, 0.717) is 27.4 Å². The van der Waals surface area contributed by atoms with Gasteiger partial charge in [-0.25, -0.2) is 4.79 Å². The van der Waals surface area contributed by atoms with E-state index < -0.39 is 5.97 Å². The number of pyridine rings is 1. The lowest BCUT2D eigenvalue weighted by Crippen LogP contribution is -1.98. The molecule has 1 aromatic carbocycles. The SMILES string of the molecule is COc1ccc(Cl)cc1-c1cn2ccccc2c1C(=O)O. The zero-order valence-corrected chi connectivity index (χ0v) is 12.0. The second-order valence-electron chi connectivity index (χ2n) is 4.56. The zero-order valence-electron chi connectivity index (χ0n) is 11.2. The summed E-state index contributed by atoms with van der Waals surface area (Å²) in [6.45, 7) is 0. The molecule has 5 heteroatoms. The average Bonchev–Trinajstić information content (AvgIpc) is 2.86. The van der Waals surface area contributed by atoms with Crippen molar-refractivity contribution in [1.82, 2.24) is 4.40 Å². The van der Waals surface area contributed by atoms with Crippen LogP contribution in [0, 0.1) is 0 Å². The molecule has 2 aromatic heterocycles. The molecule has 4 nitrogen and oxygen atoms in total. The number of carboxylic acids is 1. The number of nitrogens with zero attached hydrogens (tertiary/aromatic N) is 1. The lowest BCUT2D eigenvalue weighted by molar-refractivity contribution is 0.0700.